The molecular formula is C11H28N2O7Si. The van der Waals surface area contributed by atoms with Crippen molar-refractivity contribution in [2.24, 2.45) is 5.73 Å². The van der Waals surface area contributed by atoms with Crippen LogP contribution in [0.2, 0.25) is 0 Å². The minimum atomic E-state index is -3.79. The largest absolute Gasteiger partial charge is 0.765 e. The zero-order valence-corrected chi connectivity index (χ0v) is 14.4. The van der Waals surface area contributed by atoms with Crippen molar-refractivity contribution in [2.75, 3.05) is 19.8 Å². The Morgan fingerprint density at radius 3 is 1.62 bits per heavy atom. The second kappa shape index (κ2) is 12.4. The fraction of sp³-hybridized carbons (Fsp3) is 1.00. The van der Waals surface area contributed by atoms with E-state index >= 15 is 0 Å². The number of rotatable bonds is 14. The molecule has 9 nitrogen and oxygen atoms in total. The number of hydrogen-bond acceptors (Lipinski definition) is 9. The highest BCUT2D eigenvalue weighted by atomic mass is 28.4. The van der Waals surface area contributed by atoms with Gasteiger partial charge in [-0.25, -0.2) is 14.7 Å². The lowest BCUT2D eigenvalue weighted by Crippen LogP contribution is -2.56. The Balaban J connectivity index is 4.89. The molecule has 10 heteroatoms. The predicted octanol–water partition coefficient (Wildman–Crippen LogP) is 0.973. The summed E-state index contributed by atoms with van der Waals surface area (Å²) in [5.41, 5.74) is 5.70. The van der Waals surface area contributed by atoms with E-state index in [1.165, 1.54) is 0 Å². The molecule has 3 N–H and O–H groups in total. The van der Waals surface area contributed by atoms with Gasteiger partial charge in [0.1, 0.15) is 6.23 Å². The summed E-state index contributed by atoms with van der Waals surface area (Å²) in [7, 11) is -3.79. The van der Waals surface area contributed by atoms with Crippen molar-refractivity contribution in [1.82, 2.24) is 5.32 Å². The van der Waals surface area contributed by atoms with Gasteiger partial charge in [0, 0.05) is 0 Å². The van der Waals surface area contributed by atoms with Gasteiger partial charge in [0.05, 0.1) is 26.0 Å². The molecule has 0 spiro atoms. The maximum atomic E-state index is 5.71. The van der Waals surface area contributed by atoms with Crippen LogP contribution in [0, 0.1) is 0 Å². The standard InChI is InChI=1S/C11H28N2O7Si/c1-6-11(13-10(5)12)17-21(18-14-7-2,19-15-8-3)20-16-9-4/h10-11,13H,6-9,12H2,1-5H3. The van der Waals surface area contributed by atoms with Crippen molar-refractivity contribution in [3.63, 3.8) is 0 Å². The molecule has 21 heavy (non-hydrogen) atoms. The lowest BCUT2D eigenvalue weighted by molar-refractivity contribution is -0.389. The van der Waals surface area contributed by atoms with Gasteiger partial charge in [-0.2, -0.15) is 13.7 Å². The molecular weight excluding hydrogens is 300 g/mol. The third-order valence-corrected chi connectivity index (χ3v) is 3.48. The summed E-state index contributed by atoms with van der Waals surface area (Å²) in [4.78, 5) is 14.7. The smallest absolute Gasteiger partial charge is 0.331 e. The van der Waals surface area contributed by atoms with Crippen molar-refractivity contribution in [3.8, 4) is 0 Å². The predicted molar refractivity (Wildman–Crippen MR) is 75.8 cm³/mol. The molecule has 2 unspecified atom stereocenters. The van der Waals surface area contributed by atoms with E-state index in [-0.39, 0.29) is 26.0 Å². The molecule has 128 valence electrons. The summed E-state index contributed by atoms with van der Waals surface area (Å²) in [5.74, 6) is 0. The molecule has 0 aromatic rings. The molecule has 0 saturated carbocycles. The Kier molecular flexibility index (Phi) is 12.3. The average molecular weight is 328 g/mol. The molecule has 0 fully saturated rings. The maximum Gasteiger partial charge on any atom is 0.765 e. The third-order valence-electron chi connectivity index (χ3n) is 1.94. The number of hydrogen-bond donors (Lipinski definition) is 2. The van der Waals surface area contributed by atoms with Gasteiger partial charge in [-0.05, 0) is 34.1 Å². The van der Waals surface area contributed by atoms with Gasteiger partial charge in [0.15, 0.2) is 0 Å². The van der Waals surface area contributed by atoms with E-state index in [1.807, 2.05) is 6.92 Å². The minimum absolute atomic E-state index is 0.278. The molecule has 0 heterocycles. The van der Waals surface area contributed by atoms with Crippen LogP contribution in [0.15, 0.2) is 0 Å². The first-order valence-corrected chi connectivity index (χ1v) is 8.78. The lowest BCUT2D eigenvalue weighted by atomic mass is 10.4. The second-order valence-electron chi connectivity index (χ2n) is 3.94. The van der Waals surface area contributed by atoms with Crippen LogP contribution in [0.25, 0.3) is 0 Å². The van der Waals surface area contributed by atoms with Gasteiger partial charge in [-0.1, -0.05) is 6.92 Å². The lowest BCUT2D eigenvalue weighted by Gasteiger charge is -2.29. The Hall–Kier alpha value is -0.143. The van der Waals surface area contributed by atoms with E-state index < -0.39 is 15.3 Å². The van der Waals surface area contributed by atoms with Crippen molar-refractivity contribution >= 4 is 9.05 Å². The van der Waals surface area contributed by atoms with Crippen LogP contribution in [0.5, 0.6) is 0 Å². The Morgan fingerprint density at radius 2 is 1.33 bits per heavy atom. The van der Waals surface area contributed by atoms with Gasteiger partial charge in [-0.15, -0.1) is 0 Å². The van der Waals surface area contributed by atoms with Crippen LogP contribution in [-0.2, 0) is 32.8 Å². The molecule has 0 aliphatic carbocycles. The second-order valence-corrected chi connectivity index (χ2v) is 5.68. The molecule has 0 saturated heterocycles. The van der Waals surface area contributed by atoms with Crippen molar-refractivity contribution in [3.05, 3.63) is 0 Å². The molecule has 0 aromatic heterocycles. The summed E-state index contributed by atoms with van der Waals surface area (Å²) in [6.07, 6.45) is -0.164. The summed E-state index contributed by atoms with van der Waals surface area (Å²) in [6.45, 7) is 9.77. The fourth-order valence-electron chi connectivity index (χ4n) is 1.20. The summed E-state index contributed by atoms with van der Waals surface area (Å²) >= 11 is 0. The fourth-order valence-corrected chi connectivity index (χ4v) is 2.77. The van der Waals surface area contributed by atoms with E-state index in [4.69, 9.17) is 38.6 Å². The molecule has 0 bridgehead atoms. The average Bonchev–Trinajstić information content (AvgIpc) is 2.47. The first kappa shape index (κ1) is 20.9. The van der Waals surface area contributed by atoms with Crippen molar-refractivity contribution < 1.29 is 32.8 Å². The molecule has 2 atom stereocenters. The highest BCUT2D eigenvalue weighted by molar-refractivity contribution is 6.52. The van der Waals surface area contributed by atoms with E-state index in [0.717, 1.165) is 0 Å². The zero-order valence-electron chi connectivity index (χ0n) is 13.4. The Bertz CT molecular complexity index is 227. The quantitative estimate of drug-likeness (QED) is 0.209. The number of nitrogens with one attached hydrogen (secondary N) is 1. The van der Waals surface area contributed by atoms with Crippen molar-refractivity contribution in [2.45, 2.75) is 53.4 Å². The topological polar surface area (TPSA) is 103 Å². The summed E-state index contributed by atoms with van der Waals surface area (Å²) in [6, 6.07) is 0. The SMILES string of the molecule is CCOO[Si](OOCC)(OOCC)OC(CC)NC(C)N. The molecule has 0 rings (SSSR count). The van der Waals surface area contributed by atoms with Gasteiger partial charge in [0.2, 0.25) is 0 Å². The monoisotopic (exact) mass is 328 g/mol. The van der Waals surface area contributed by atoms with E-state index in [9.17, 15) is 0 Å². The van der Waals surface area contributed by atoms with Crippen LogP contribution in [0.3, 0.4) is 0 Å². The van der Waals surface area contributed by atoms with Gasteiger partial charge in [0.25, 0.3) is 0 Å². The summed E-state index contributed by atoms with van der Waals surface area (Å²) < 4.78 is 21.1. The van der Waals surface area contributed by atoms with Crippen LogP contribution in [0.4, 0.5) is 0 Å². The highest BCUT2D eigenvalue weighted by Crippen LogP contribution is 2.17. The Morgan fingerprint density at radius 1 is 0.905 bits per heavy atom. The van der Waals surface area contributed by atoms with E-state index in [1.54, 1.807) is 27.7 Å². The van der Waals surface area contributed by atoms with Gasteiger partial charge >= 0.3 is 9.05 Å². The zero-order chi connectivity index (χ0) is 16.1. The molecule has 0 radical (unpaired) electrons. The maximum absolute atomic E-state index is 5.71. The first-order valence-electron chi connectivity index (χ1n) is 7.14. The van der Waals surface area contributed by atoms with Crippen LogP contribution in [-0.4, -0.2) is 41.3 Å². The number of nitrogens with two attached hydrogens (primary N) is 1. The van der Waals surface area contributed by atoms with Gasteiger partial charge < -0.3 is 10.2 Å². The third kappa shape index (κ3) is 9.47. The Labute approximate surface area is 127 Å². The van der Waals surface area contributed by atoms with Crippen LogP contribution in [0.1, 0.15) is 41.0 Å². The van der Waals surface area contributed by atoms with Crippen LogP contribution >= 0.6 is 0 Å². The minimum Gasteiger partial charge on any atom is -0.331 e. The molecule has 0 aromatic carbocycles. The van der Waals surface area contributed by atoms with Crippen LogP contribution < -0.4 is 11.1 Å². The van der Waals surface area contributed by atoms with E-state index in [2.05, 4.69) is 5.32 Å². The van der Waals surface area contributed by atoms with Crippen molar-refractivity contribution in [1.29, 1.82) is 0 Å². The molecule has 0 aliphatic rings. The van der Waals surface area contributed by atoms with E-state index in [0.29, 0.717) is 6.42 Å². The molecule has 0 aliphatic heterocycles. The molecule has 0 amide bonds. The van der Waals surface area contributed by atoms with Gasteiger partial charge in [-0.3, -0.25) is 5.32 Å². The normalized spacial score (nSPS) is 15.1. The highest BCUT2D eigenvalue weighted by Gasteiger charge is 2.54. The first-order chi connectivity index (χ1) is 10.0. The summed E-state index contributed by atoms with van der Waals surface area (Å²) in [5, 5.41) is 3.00.